The summed E-state index contributed by atoms with van der Waals surface area (Å²) in [5.41, 5.74) is 2.35. The van der Waals surface area contributed by atoms with Crippen LogP contribution in [0.1, 0.15) is 42.2 Å². The molecule has 2 heterocycles. The van der Waals surface area contributed by atoms with Crippen LogP contribution < -0.4 is 10.1 Å². The van der Waals surface area contributed by atoms with Crippen LogP contribution in [0.3, 0.4) is 0 Å². The number of aryl methyl sites for hydroxylation is 1. The van der Waals surface area contributed by atoms with E-state index in [1.807, 2.05) is 25.1 Å². The number of rotatable bonds is 6. The van der Waals surface area contributed by atoms with Gasteiger partial charge in [-0.25, -0.2) is 4.68 Å². The monoisotopic (exact) mass is 356 g/mol. The molecule has 26 heavy (non-hydrogen) atoms. The minimum absolute atomic E-state index is 0.139. The average Bonchev–Trinajstić information content (AvgIpc) is 3.13. The molecule has 1 saturated heterocycles. The standard InChI is InChI=1S/C20H28N4O2/c1-15-7-8-19(26-3)18(14-15)24-12-9-17(22-24)20(25)21-10-13-23-11-5-4-6-16(23)2/h7-9,12,14,16H,4-6,10-11,13H2,1-3H3,(H,21,25). The van der Waals surface area contributed by atoms with Gasteiger partial charge in [0, 0.05) is 25.3 Å². The highest BCUT2D eigenvalue weighted by atomic mass is 16.5. The van der Waals surface area contributed by atoms with Gasteiger partial charge in [-0.1, -0.05) is 12.5 Å². The quantitative estimate of drug-likeness (QED) is 0.865. The highest BCUT2D eigenvalue weighted by molar-refractivity contribution is 5.92. The first-order valence-electron chi connectivity index (χ1n) is 9.31. The topological polar surface area (TPSA) is 59.4 Å². The fourth-order valence-corrected chi connectivity index (χ4v) is 3.45. The predicted octanol–water partition coefficient (Wildman–Crippen LogP) is 2.79. The van der Waals surface area contributed by atoms with Gasteiger partial charge >= 0.3 is 0 Å². The molecule has 140 valence electrons. The molecule has 0 aliphatic carbocycles. The Morgan fingerprint density at radius 3 is 2.96 bits per heavy atom. The van der Waals surface area contributed by atoms with Crippen LogP contribution in [0.2, 0.25) is 0 Å². The van der Waals surface area contributed by atoms with Crippen LogP contribution in [0.15, 0.2) is 30.5 Å². The van der Waals surface area contributed by atoms with Crippen molar-refractivity contribution in [3.05, 3.63) is 41.7 Å². The number of aromatic nitrogens is 2. The molecule has 0 radical (unpaired) electrons. The van der Waals surface area contributed by atoms with Gasteiger partial charge in [-0.15, -0.1) is 0 Å². The minimum Gasteiger partial charge on any atom is -0.494 e. The van der Waals surface area contributed by atoms with E-state index in [4.69, 9.17) is 4.74 Å². The third-order valence-electron chi connectivity index (χ3n) is 5.03. The van der Waals surface area contributed by atoms with E-state index in [0.717, 1.165) is 30.1 Å². The number of carbonyl (C=O) groups excluding carboxylic acids is 1. The van der Waals surface area contributed by atoms with Crippen LogP contribution in [0.5, 0.6) is 5.75 Å². The van der Waals surface area contributed by atoms with Gasteiger partial charge in [0.25, 0.3) is 5.91 Å². The van der Waals surface area contributed by atoms with Crippen LogP contribution in [0.4, 0.5) is 0 Å². The van der Waals surface area contributed by atoms with Crippen LogP contribution in [-0.4, -0.2) is 53.4 Å². The second-order valence-electron chi connectivity index (χ2n) is 6.96. The number of nitrogens with one attached hydrogen (secondary N) is 1. The molecule has 0 saturated carbocycles. The van der Waals surface area contributed by atoms with Crippen LogP contribution >= 0.6 is 0 Å². The summed E-state index contributed by atoms with van der Waals surface area (Å²) in [7, 11) is 1.63. The van der Waals surface area contributed by atoms with Crippen molar-refractivity contribution in [2.45, 2.75) is 39.2 Å². The van der Waals surface area contributed by atoms with E-state index < -0.39 is 0 Å². The highest BCUT2D eigenvalue weighted by Gasteiger charge is 2.18. The number of benzene rings is 1. The van der Waals surface area contributed by atoms with E-state index in [0.29, 0.717) is 18.3 Å². The Morgan fingerprint density at radius 1 is 1.35 bits per heavy atom. The van der Waals surface area contributed by atoms with Crippen LogP contribution in [0, 0.1) is 6.92 Å². The van der Waals surface area contributed by atoms with E-state index in [-0.39, 0.29) is 5.91 Å². The van der Waals surface area contributed by atoms with Crippen molar-refractivity contribution >= 4 is 5.91 Å². The Kier molecular flexibility index (Phi) is 5.93. The maximum Gasteiger partial charge on any atom is 0.271 e. The first-order chi connectivity index (χ1) is 12.6. The Labute approximate surface area is 155 Å². The molecule has 1 unspecified atom stereocenters. The lowest BCUT2D eigenvalue weighted by Gasteiger charge is -2.33. The third kappa shape index (κ3) is 4.25. The van der Waals surface area contributed by atoms with Gasteiger partial charge < -0.3 is 10.1 Å². The number of carbonyl (C=O) groups is 1. The summed E-state index contributed by atoms with van der Waals surface area (Å²) in [5.74, 6) is 0.588. The lowest BCUT2D eigenvalue weighted by molar-refractivity contribution is 0.0933. The number of nitrogens with zero attached hydrogens (tertiary/aromatic N) is 3. The molecule has 6 heteroatoms. The SMILES string of the molecule is COc1ccc(C)cc1-n1ccc(C(=O)NCCN2CCCCC2C)n1. The Balaban J connectivity index is 1.60. The number of piperidine rings is 1. The number of methoxy groups -OCH3 is 1. The van der Waals surface area contributed by atoms with Gasteiger partial charge in [-0.05, 0) is 57.0 Å². The number of ether oxygens (including phenoxy) is 1. The van der Waals surface area contributed by atoms with Gasteiger partial charge in [0.2, 0.25) is 0 Å². The van der Waals surface area contributed by atoms with E-state index >= 15 is 0 Å². The first-order valence-corrected chi connectivity index (χ1v) is 9.31. The molecule has 1 atom stereocenters. The molecule has 1 aromatic carbocycles. The van der Waals surface area contributed by atoms with E-state index in [9.17, 15) is 4.79 Å². The molecule has 6 nitrogen and oxygen atoms in total. The van der Waals surface area contributed by atoms with Gasteiger partial charge in [0.1, 0.15) is 11.4 Å². The van der Waals surface area contributed by atoms with Crippen molar-refractivity contribution in [2.75, 3.05) is 26.7 Å². The van der Waals surface area contributed by atoms with Crippen molar-refractivity contribution in [2.24, 2.45) is 0 Å². The number of hydrogen-bond acceptors (Lipinski definition) is 4. The van der Waals surface area contributed by atoms with E-state index in [1.54, 1.807) is 24.1 Å². The zero-order chi connectivity index (χ0) is 18.5. The van der Waals surface area contributed by atoms with Gasteiger partial charge in [-0.2, -0.15) is 5.10 Å². The second-order valence-corrected chi connectivity index (χ2v) is 6.96. The maximum atomic E-state index is 12.4. The second kappa shape index (κ2) is 8.36. The minimum atomic E-state index is -0.139. The lowest BCUT2D eigenvalue weighted by Crippen LogP contribution is -2.42. The van der Waals surface area contributed by atoms with Crippen molar-refractivity contribution in [1.29, 1.82) is 0 Å². The molecule has 0 spiro atoms. The van der Waals surface area contributed by atoms with Crippen LogP contribution in [-0.2, 0) is 0 Å². The molecule has 1 aromatic heterocycles. The van der Waals surface area contributed by atoms with E-state index in [2.05, 4.69) is 22.2 Å². The van der Waals surface area contributed by atoms with Gasteiger partial charge in [0.15, 0.2) is 5.69 Å². The molecule has 1 N–H and O–H groups in total. The Bertz CT molecular complexity index is 756. The summed E-state index contributed by atoms with van der Waals surface area (Å²) < 4.78 is 7.09. The summed E-state index contributed by atoms with van der Waals surface area (Å²) in [4.78, 5) is 14.8. The van der Waals surface area contributed by atoms with Gasteiger partial charge in [-0.3, -0.25) is 9.69 Å². The number of amides is 1. The molecular formula is C20H28N4O2. The van der Waals surface area contributed by atoms with Crippen molar-refractivity contribution in [3.63, 3.8) is 0 Å². The Morgan fingerprint density at radius 2 is 2.19 bits per heavy atom. The third-order valence-corrected chi connectivity index (χ3v) is 5.03. The summed E-state index contributed by atoms with van der Waals surface area (Å²) in [5, 5.41) is 7.41. The van der Waals surface area contributed by atoms with Gasteiger partial charge in [0.05, 0.1) is 7.11 Å². The molecule has 1 amide bonds. The van der Waals surface area contributed by atoms with Crippen LogP contribution in [0.25, 0.3) is 5.69 Å². The maximum absolute atomic E-state index is 12.4. The fourth-order valence-electron chi connectivity index (χ4n) is 3.45. The predicted molar refractivity (Wildman–Crippen MR) is 102 cm³/mol. The number of hydrogen-bond donors (Lipinski definition) is 1. The Hall–Kier alpha value is -2.34. The summed E-state index contributed by atoms with van der Waals surface area (Å²) in [6, 6.07) is 8.23. The summed E-state index contributed by atoms with van der Waals surface area (Å²) >= 11 is 0. The number of likely N-dealkylation sites (tertiary alicyclic amines) is 1. The largest absolute Gasteiger partial charge is 0.494 e. The fraction of sp³-hybridized carbons (Fsp3) is 0.500. The summed E-state index contributed by atoms with van der Waals surface area (Å²) in [6.45, 7) is 6.93. The van der Waals surface area contributed by atoms with E-state index in [1.165, 1.54) is 19.3 Å². The zero-order valence-electron chi connectivity index (χ0n) is 15.9. The summed E-state index contributed by atoms with van der Waals surface area (Å²) in [6.07, 6.45) is 5.60. The molecule has 1 aliphatic heterocycles. The smallest absolute Gasteiger partial charge is 0.271 e. The highest BCUT2D eigenvalue weighted by Crippen LogP contribution is 2.23. The van der Waals surface area contributed by atoms with Crippen molar-refractivity contribution in [3.8, 4) is 11.4 Å². The molecule has 1 aliphatic rings. The zero-order valence-corrected chi connectivity index (χ0v) is 15.9. The molecular weight excluding hydrogens is 328 g/mol. The van der Waals surface area contributed by atoms with Crippen molar-refractivity contribution in [1.82, 2.24) is 20.0 Å². The molecule has 2 aromatic rings. The normalized spacial score (nSPS) is 17.9. The lowest BCUT2D eigenvalue weighted by atomic mass is 10.0. The molecule has 0 bridgehead atoms. The molecule has 3 rings (SSSR count). The van der Waals surface area contributed by atoms with Crippen molar-refractivity contribution < 1.29 is 9.53 Å². The molecule has 1 fully saturated rings. The average molecular weight is 356 g/mol. The first kappa shape index (κ1) is 18.5.